The number of sulfone groups is 1. The maximum atomic E-state index is 11.9. The van der Waals surface area contributed by atoms with Gasteiger partial charge in [-0.3, -0.25) is 0 Å². The van der Waals surface area contributed by atoms with E-state index in [0.717, 1.165) is 50.2 Å². The summed E-state index contributed by atoms with van der Waals surface area (Å²) in [5.41, 5.74) is 0. The first kappa shape index (κ1) is 16.6. The Morgan fingerprint density at radius 2 is 2.10 bits per heavy atom. The van der Waals surface area contributed by atoms with E-state index in [1.54, 1.807) is 0 Å². The van der Waals surface area contributed by atoms with Gasteiger partial charge in [0.2, 0.25) is 0 Å². The minimum Gasteiger partial charge on any atom is -0.464 e. The third kappa shape index (κ3) is 4.10. The molecule has 1 heterocycles. The highest BCUT2D eigenvalue weighted by Crippen LogP contribution is 2.37. The Balaban J connectivity index is 2.17. The molecule has 1 aromatic heterocycles. The minimum absolute atomic E-state index is 0.125. The Bertz CT molecular complexity index is 550. The molecule has 3 atom stereocenters. The molecule has 4 nitrogen and oxygen atoms in total. The fourth-order valence-electron chi connectivity index (χ4n) is 3.34. The van der Waals surface area contributed by atoms with Crippen LogP contribution in [0.5, 0.6) is 0 Å². The highest BCUT2D eigenvalue weighted by Gasteiger charge is 2.34. The number of rotatable bonds is 6. The summed E-state index contributed by atoms with van der Waals surface area (Å²) in [5, 5.41) is 3.29. The van der Waals surface area contributed by atoms with Crippen LogP contribution < -0.4 is 5.32 Å². The first-order valence-electron chi connectivity index (χ1n) is 7.96. The fraction of sp³-hybridized carbons (Fsp3) is 0.750. The normalized spacial score (nSPS) is 24.9. The molecule has 1 fully saturated rings. The first-order valence-corrected chi connectivity index (χ1v) is 9.92. The van der Waals surface area contributed by atoms with Crippen molar-refractivity contribution in [2.24, 2.45) is 5.92 Å². The van der Waals surface area contributed by atoms with Gasteiger partial charge >= 0.3 is 0 Å². The van der Waals surface area contributed by atoms with Crippen LogP contribution in [-0.4, -0.2) is 26.5 Å². The van der Waals surface area contributed by atoms with Crippen molar-refractivity contribution in [1.82, 2.24) is 5.32 Å². The molecule has 120 valence electrons. The molecule has 3 unspecified atom stereocenters. The predicted octanol–water partition coefficient (Wildman–Crippen LogP) is 3.10. The van der Waals surface area contributed by atoms with E-state index in [2.05, 4.69) is 19.2 Å². The van der Waals surface area contributed by atoms with Gasteiger partial charge in [-0.1, -0.05) is 20.3 Å². The molecule has 5 heteroatoms. The summed E-state index contributed by atoms with van der Waals surface area (Å²) < 4.78 is 29.6. The van der Waals surface area contributed by atoms with Crippen LogP contribution >= 0.6 is 0 Å². The lowest BCUT2D eigenvalue weighted by molar-refractivity contribution is 0.245. The molecule has 21 heavy (non-hydrogen) atoms. The number of hydrogen-bond donors (Lipinski definition) is 1. The molecule has 0 aliphatic heterocycles. The van der Waals surface area contributed by atoms with Gasteiger partial charge in [-0.05, 0) is 43.9 Å². The zero-order valence-electron chi connectivity index (χ0n) is 13.3. The molecule has 0 aromatic carbocycles. The van der Waals surface area contributed by atoms with Crippen LogP contribution in [-0.2, 0) is 16.3 Å². The van der Waals surface area contributed by atoms with E-state index in [4.69, 9.17) is 4.42 Å². The number of nitrogens with one attached hydrogen (secondary N) is 1. The lowest BCUT2D eigenvalue weighted by Crippen LogP contribution is -2.35. The van der Waals surface area contributed by atoms with Crippen LogP contribution in [0.1, 0.15) is 57.1 Å². The first-order chi connectivity index (χ1) is 9.95. The molecule has 0 radical (unpaired) electrons. The van der Waals surface area contributed by atoms with Crippen molar-refractivity contribution in [3.8, 4) is 0 Å². The van der Waals surface area contributed by atoms with Crippen molar-refractivity contribution in [3.63, 3.8) is 0 Å². The van der Waals surface area contributed by atoms with E-state index in [0.29, 0.717) is 5.92 Å². The van der Waals surface area contributed by atoms with Crippen LogP contribution in [0, 0.1) is 5.92 Å². The van der Waals surface area contributed by atoms with Gasteiger partial charge in [-0.2, -0.15) is 0 Å². The smallest absolute Gasteiger partial charge is 0.150 e. The summed E-state index contributed by atoms with van der Waals surface area (Å²) in [4.78, 5) is 0. The van der Waals surface area contributed by atoms with Gasteiger partial charge in [-0.25, -0.2) is 8.42 Å². The summed E-state index contributed by atoms with van der Waals surface area (Å²) in [6.45, 7) is 5.01. The fourth-order valence-corrected chi connectivity index (χ4v) is 4.54. The van der Waals surface area contributed by atoms with E-state index in [1.165, 1.54) is 6.26 Å². The summed E-state index contributed by atoms with van der Waals surface area (Å²) in [5.74, 6) is 2.27. The molecular formula is C16H27NO3S. The molecule has 0 spiro atoms. The van der Waals surface area contributed by atoms with Gasteiger partial charge in [-0.15, -0.1) is 0 Å². The predicted molar refractivity (Wildman–Crippen MR) is 85.1 cm³/mol. The zero-order valence-corrected chi connectivity index (χ0v) is 14.1. The maximum Gasteiger partial charge on any atom is 0.150 e. The molecule has 1 saturated carbocycles. The molecular weight excluding hydrogens is 286 g/mol. The van der Waals surface area contributed by atoms with Crippen LogP contribution in [0.25, 0.3) is 0 Å². The lowest BCUT2D eigenvalue weighted by atomic mass is 9.82. The average Bonchev–Trinajstić information content (AvgIpc) is 2.92. The van der Waals surface area contributed by atoms with Crippen molar-refractivity contribution in [3.05, 3.63) is 23.7 Å². The second kappa shape index (κ2) is 6.97. The van der Waals surface area contributed by atoms with E-state index in [1.807, 2.05) is 12.1 Å². The third-order valence-electron chi connectivity index (χ3n) is 4.51. The largest absolute Gasteiger partial charge is 0.464 e. The Kier molecular flexibility index (Phi) is 5.49. The number of hydrogen-bond acceptors (Lipinski definition) is 4. The highest BCUT2D eigenvalue weighted by molar-refractivity contribution is 7.91. The standard InChI is InChI=1S/C16H27NO3S/c1-4-13-9-10-15(20-13)16(17-5-2)12-7-6-8-14(11-12)21(3,18)19/h9-10,12,14,16-17H,4-8,11H2,1-3H3. The van der Waals surface area contributed by atoms with Crippen LogP contribution in [0.4, 0.5) is 0 Å². The van der Waals surface area contributed by atoms with E-state index in [-0.39, 0.29) is 11.3 Å². The quantitative estimate of drug-likeness (QED) is 0.876. The maximum absolute atomic E-state index is 11.9. The molecule has 1 aliphatic rings. The molecule has 0 bridgehead atoms. The minimum atomic E-state index is -2.95. The number of furan rings is 1. The Hall–Kier alpha value is -0.810. The second-order valence-corrected chi connectivity index (χ2v) is 8.40. The molecule has 2 rings (SSSR count). The van der Waals surface area contributed by atoms with Crippen molar-refractivity contribution in [1.29, 1.82) is 0 Å². The molecule has 1 aliphatic carbocycles. The summed E-state index contributed by atoms with van der Waals surface area (Å²) >= 11 is 0. The van der Waals surface area contributed by atoms with E-state index in [9.17, 15) is 8.42 Å². The Morgan fingerprint density at radius 1 is 1.33 bits per heavy atom. The molecule has 1 N–H and O–H groups in total. The van der Waals surface area contributed by atoms with Gasteiger partial charge in [0, 0.05) is 12.7 Å². The third-order valence-corrected chi connectivity index (χ3v) is 6.14. The summed E-state index contributed by atoms with van der Waals surface area (Å²) in [6, 6.07) is 4.19. The van der Waals surface area contributed by atoms with Gasteiger partial charge < -0.3 is 9.73 Å². The lowest BCUT2D eigenvalue weighted by Gasteiger charge is -2.33. The Labute approximate surface area is 128 Å². The second-order valence-electron chi connectivity index (χ2n) is 6.07. The van der Waals surface area contributed by atoms with E-state index >= 15 is 0 Å². The zero-order chi connectivity index (χ0) is 15.5. The van der Waals surface area contributed by atoms with Gasteiger partial charge in [0.25, 0.3) is 0 Å². The SMILES string of the molecule is CCNC(c1ccc(CC)o1)C1CCCC(S(C)(=O)=O)C1. The summed E-state index contributed by atoms with van der Waals surface area (Å²) in [6.07, 6.45) is 5.82. The number of aryl methyl sites for hydroxylation is 1. The highest BCUT2D eigenvalue weighted by atomic mass is 32.2. The average molecular weight is 313 g/mol. The molecule has 0 saturated heterocycles. The van der Waals surface area contributed by atoms with Gasteiger partial charge in [0.1, 0.15) is 21.4 Å². The van der Waals surface area contributed by atoms with Crippen molar-refractivity contribution >= 4 is 9.84 Å². The van der Waals surface area contributed by atoms with Crippen molar-refractivity contribution in [2.75, 3.05) is 12.8 Å². The van der Waals surface area contributed by atoms with E-state index < -0.39 is 9.84 Å². The van der Waals surface area contributed by atoms with Crippen molar-refractivity contribution in [2.45, 2.75) is 57.2 Å². The van der Waals surface area contributed by atoms with Crippen molar-refractivity contribution < 1.29 is 12.8 Å². The Morgan fingerprint density at radius 3 is 2.67 bits per heavy atom. The molecule has 0 amide bonds. The van der Waals surface area contributed by atoms with Crippen LogP contribution in [0.2, 0.25) is 0 Å². The van der Waals surface area contributed by atoms with Crippen LogP contribution in [0.3, 0.4) is 0 Å². The van der Waals surface area contributed by atoms with Crippen LogP contribution in [0.15, 0.2) is 16.5 Å². The van der Waals surface area contributed by atoms with Gasteiger partial charge in [0.05, 0.1) is 11.3 Å². The monoisotopic (exact) mass is 313 g/mol. The van der Waals surface area contributed by atoms with Gasteiger partial charge in [0.15, 0.2) is 0 Å². The summed E-state index contributed by atoms with van der Waals surface area (Å²) in [7, 11) is -2.95. The molecule has 1 aromatic rings. The topological polar surface area (TPSA) is 59.3 Å².